The van der Waals surface area contributed by atoms with Gasteiger partial charge in [0.15, 0.2) is 5.78 Å². The summed E-state index contributed by atoms with van der Waals surface area (Å²) in [7, 11) is 0. The molecule has 1 aliphatic heterocycles. The number of rotatable bonds is 5. The number of fused-ring (bicyclic) bond motifs is 1. The molecule has 0 bridgehead atoms. The molecule has 146 valence electrons. The summed E-state index contributed by atoms with van der Waals surface area (Å²) < 4.78 is 11.0. The highest BCUT2D eigenvalue weighted by molar-refractivity contribution is 5.97. The van der Waals surface area contributed by atoms with Crippen LogP contribution in [0.1, 0.15) is 67.8 Å². The second-order valence-corrected chi connectivity index (χ2v) is 6.55. The van der Waals surface area contributed by atoms with Gasteiger partial charge < -0.3 is 14.6 Å². The van der Waals surface area contributed by atoms with Crippen molar-refractivity contribution in [2.75, 3.05) is 13.2 Å². The Morgan fingerprint density at radius 2 is 1.93 bits per heavy atom. The molecule has 1 heterocycles. The summed E-state index contributed by atoms with van der Waals surface area (Å²) in [5.74, 6) is -0.126. The van der Waals surface area contributed by atoms with Gasteiger partial charge in [-0.2, -0.15) is 0 Å². The Morgan fingerprint density at radius 3 is 2.74 bits per heavy atom. The zero-order valence-electron chi connectivity index (χ0n) is 15.9. The molecule has 0 radical (unpaired) electrons. The molecular formula is C22H28O5. The number of ketones is 1. The first kappa shape index (κ1) is 20.7. The number of benzene rings is 1. The van der Waals surface area contributed by atoms with Gasteiger partial charge >= 0.3 is 5.97 Å². The van der Waals surface area contributed by atoms with Crippen LogP contribution in [0.25, 0.3) is 6.08 Å². The van der Waals surface area contributed by atoms with E-state index in [1.165, 1.54) is 12.1 Å². The molecule has 5 heteroatoms. The Labute approximate surface area is 160 Å². The smallest absolute Gasteiger partial charge is 0.342 e. The number of allylic oxidation sites excluding steroid dienone is 2. The van der Waals surface area contributed by atoms with E-state index >= 15 is 0 Å². The van der Waals surface area contributed by atoms with Crippen molar-refractivity contribution in [2.45, 2.75) is 51.9 Å². The highest BCUT2D eigenvalue weighted by Crippen LogP contribution is 2.30. The number of carbonyl (C=O) groups is 2. The minimum absolute atomic E-state index is 0.0765. The van der Waals surface area contributed by atoms with Crippen molar-refractivity contribution < 1.29 is 24.2 Å². The molecule has 0 saturated heterocycles. The summed E-state index contributed by atoms with van der Waals surface area (Å²) in [6.45, 7) is 2.84. The Bertz CT molecular complexity index is 703. The topological polar surface area (TPSA) is 72.8 Å². The Morgan fingerprint density at radius 1 is 1.11 bits per heavy atom. The van der Waals surface area contributed by atoms with E-state index < -0.39 is 5.97 Å². The summed E-state index contributed by atoms with van der Waals surface area (Å²) in [6, 6.07) is 3.21. The van der Waals surface area contributed by atoms with Gasteiger partial charge in [0.2, 0.25) is 0 Å². The molecule has 0 atom stereocenters. The zero-order chi connectivity index (χ0) is 19.5. The molecule has 0 aromatic heterocycles. The summed E-state index contributed by atoms with van der Waals surface area (Å²) in [5, 5.41) is 10.4. The normalized spacial score (nSPS) is 18.1. The van der Waals surface area contributed by atoms with Crippen LogP contribution >= 0.6 is 0 Å². The van der Waals surface area contributed by atoms with Gasteiger partial charge in [0.25, 0.3) is 0 Å². The molecule has 0 aliphatic carbocycles. The van der Waals surface area contributed by atoms with Crippen molar-refractivity contribution in [1.29, 1.82) is 0 Å². The molecule has 0 spiro atoms. The van der Waals surface area contributed by atoms with Crippen molar-refractivity contribution in [3.05, 3.63) is 41.5 Å². The minimum atomic E-state index is -0.582. The highest BCUT2D eigenvalue weighted by Gasteiger charge is 2.18. The third-order valence-corrected chi connectivity index (χ3v) is 4.26. The number of unbranched alkanes of at least 4 members (excludes halogenated alkanes) is 2. The van der Waals surface area contributed by atoms with Gasteiger partial charge in [-0.25, -0.2) is 4.79 Å². The van der Waals surface area contributed by atoms with Gasteiger partial charge in [-0.3, -0.25) is 4.79 Å². The first-order chi connectivity index (χ1) is 13.1. The molecule has 1 aliphatic rings. The summed E-state index contributed by atoms with van der Waals surface area (Å²) >= 11 is 0. The summed E-state index contributed by atoms with van der Waals surface area (Å²) in [6.07, 6.45) is 12.4. The number of ether oxygens (including phenoxy) is 2. The molecule has 0 fully saturated rings. The van der Waals surface area contributed by atoms with Gasteiger partial charge in [0.1, 0.15) is 17.1 Å². The molecule has 0 unspecified atom stereocenters. The van der Waals surface area contributed by atoms with E-state index in [0.717, 1.165) is 25.7 Å². The lowest BCUT2D eigenvalue weighted by Gasteiger charge is -2.13. The van der Waals surface area contributed by atoms with Gasteiger partial charge in [0, 0.05) is 12.5 Å². The fraction of sp³-hybridized carbons (Fsp3) is 0.455. The van der Waals surface area contributed by atoms with Crippen molar-refractivity contribution in [3.8, 4) is 11.5 Å². The second kappa shape index (κ2) is 11.2. The van der Waals surface area contributed by atoms with E-state index in [4.69, 9.17) is 9.47 Å². The van der Waals surface area contributed by atoms with Gasteiger partial charge in [-0.1, -0.05) is 38.0 Å². The van der Waals surface area contributed by atoms with E-state index in [1.807, 2.05) is 6.08 Å². The average molecular weight is 372 g/mol. The maximum atomic E-state index is 12.4. The number of phenols is 1. The molecule has 27 heavy (non-hydrogen) atoms. The Balaban J connectivity index is 2.22. The van der Waals surface area contributed by atoms with Crippen LogP contribution in [0.2, 0.25) is 0 Å². The van der Waals surface area contributed by atoms with Crippen LogP contribution in [-0.4, -0.2) is 30.1 Å². The summed E-state index contributed by atoms with van der Waals surface area (Å²) in [4.78, 5) is 24.1. The highest BCUT2D eigenvalue weighted by atomic mass is 16.5. The van der Waals surface area contributed by atoms with Crippen LogP contribution in [0.15, 0.2) is 30.4 Å². The summed E-state index contributed by atoms with van der Waals surface area (Å²) in [5.41, 5.74) is 0.702. The second-order valence-electron chi connectivity index (χ2n) is 6.55. The van der Waals surface area contributed by atoms with E-state index in [0.29, 0.717) is 37.2 Å². The van der Waals surface area contributed by atoms with E-state index in [9.17, 15) is 14.7 Å². The molecule has 5 nitrogen and oxygen atoms in total. The molecule has 0 amide bonds. The SMILES string of the molecule is CCCCCOc1cc(O)c2c(c1)/C=C/CCCC(=O)/C=C\CCOC2=O. The quantitative estimate of drug-likeness (QED) is 0.592. The van der Waals surface area contributed by atoms with Crippen molar-refractivity contribution in [2.24, 2.45) is 0 Å². The van der Waals surface area contributed by atoms with Crippen LogP contribution in [0.5, 0.6) is 11.5 Å². The Kier molecular flexibility index (Phi) is 8.62. The fourth-order valence-corrected chi connectivity index (χ4v) is 2.80. The number of cyclic esters (lactones) is 1. The molecule has 1 aromatic rings. The van der Waals surface area contributed by atoms with Crippen molar-refractivity contribution in [1.82, 2.24) is 0 Å². The number of carbonyl (C=O) groups excluding carboxylic acids is 2. The molecule has 1 aromatic carbocycles. The molecular weight excluding hydrogens is 344 g/mol. The van der Waals surface area contributed by atoms with Crippen LogP contribution in [0.4, 0.5) is 0 Å². The van der Waals surface area contributed by atoms with E-state index in [2.05, 4.69) is 6.92 Å². The van der Waals surface area contributed by atoms with Crippen LogP contribution < -0.4 is 4.74 Å². The zero-order valence-corrected chi connectivity index (χ0v) is 15.9. The number of hydrogen-bond donors (Lipinski definition) is 1. The van der Waals surface area contributed by atoms with Gasteiger partial charge in [-0.05, 0) is 43.4 Å². The van der Waals surface area contributed by atoms with Gasteiger partial charge in [0.05, 0.1) is 13.2 Å². The van der Waals surface area contributed by atoms with Crippen molar-refractivity contribution in [3.63, 3.8) is 0 Å². The lowest BCUT2D eigenvalue weighted by molar-refractivity contribution is -0.114. The first-order valence-electron chi connectivity index (χ1n) is 9.64. The number of esters is 1. The fourth-order valence-electron chi connectivity index (χ4n) is 2.80. The number of aromatic hydroxyl groups is 1. The van der Waals surface area contributed by atoms with E-state index in [-0.39, 0.29) is 23.7 Å². The Hall–Kier alpha value is -2.56. The molecule has 2 rings (SSSR count). The predicted molar refractivity (Wildman–Crippen MR) is 105 cm³/mol. The standard InChI is InChI=1S/C22H28O5/c1-2-3-8-13-26-19-15-17-10-5-4-6-11-18(23)12-7-9-14-27-22(25)21(17)20(24)16-19/h5,7,10,12,15-16,24H,2-4,6,8-9,11,13-14H2,1H3/b10-5+,12-7-. The third-order valence-electron chi connectivity index (χ3n) is 4.26. The monoisotopic (exact) mass is 372 g/mol. The lowest BCUT2D eigenvalue weighted by atomic mass is 10.0. The largest absolute Gasteiger partial charge is 0.507 e. The third kappa shape index (κ3) is 6.93. The maximum absolute atomic E-state index is 12.4. The van der Waals surface area contributed by atoms with Crippen LogP contribution in [0.3, 0.4) is 0 Å². The van der Waals surface area contributed by atoms with Crippen LogP contribution in [-0.2, 0) is 9.53 Å². The first-order valence-corrected chi connectivity index (χ1v) is 9.64. The van der Waals surface area contributed by atoms with Crippen molar-refractivity contribution >= 4 is 17.8 Å². The van der Waals surface area contributed by atoms with E-state index in [1.54, 1.807) is 18.2 Å². The number of hydrogen-bond acceptors (Lipinski definition) is 5. The van der Waals surface area contributed by atoms with Gasteiger partial charge in [-0.15, -0.1) is 0 Å². The minimum Gasteiger partial charge on any atom is -0.507 e. The average Bonchev–Trinajstić information content (AvgIpc) is 2.63. The lowest BCUT2D eigenvalue weighted by Crippen LogP contribution is -2.09. The maximum Gasteiger partial charge on any atom is 0.342 e. The molecule has 1 N–H and O–H groups in total. The molecule has 0 saturated carbocycles. The van der Waals surface area contributed by atoms with Crippen LogP contribution in [0, 0.1) is 0 Å². The number of phenolic OH excluding ortho intramolecular Hbond substituents is 1. The predicted octanol–water partition coefficient (Wildman–Crippen LogP) is 4.83.